The second kappa shape index (κ2) is 14.0. The molecule has 1 aliphatic rings. The number of hydroxylamine groups is 1. The third-order valence-corrected chi connectivity index (χ3v) is 6.50. The van der Waals surface area contributed by atoms with E-state index >= 15 is 0 Å². The first-order chi connectivity index (χ1) is 17.8. The summed E-state index contributed by atoms with van der Waals surface area (Å²) in [4.78, 5) is 19.8. The van der Waals surface area contributed by atoms with Crippen molar-refractivity contribution in [2.24, 2.45) is 0 Å². The lowest BCUT2D eigenvalue weighted by atomic mass is 10.0. The molecule has 0 saturated carbocycles. The summed E-state index contributed by atoms with van der Waals surface area (Å²) in [7, 11) is -3.31. The van der Waals surface area contributed by atoms with Gasteiger partial charge >= 0.3 is 6.03 Å². The van der Waals surface area contributed by atoms with Gasteiger partial charge in [-0.2, -0.15) is 0 Å². The number of anilines is 1. The Balaban J connectivity index is 0.00000400. The van der Waals surface area contributed by atoms with E-state index in [2.05, 4.69) is 20.4 Å². The Kier molecular flexibility index (Phi) is 10.8. The fourth-order valence-corrected chi connectivity index (χ4v) is 4.64. The minimum Gasteiger partial charge on any atom is -0.457 e. The molecule has 3 aromatic carbocycles. The molecule has 0 spiro atoms. The highest BCUT2D eigenvalue weighted by atomic mass is 35.5. The number of benzene rings is 3. The molecule has 1 aliphatic heterocycles. The Morgan fingerprint density at radius 2 is 1.50 bits per heavy atom. The molecular formula is C27H33ClN4O5S. The summed E-state index contributed by atoms with van der Waals surface area (Å²) in [5, 5.41) is 2.98. The van der Waals surface area contributed by atoms with Crippen molar-refractivity contribution in [3.05, 3.63) is 90.0 Å². The van der Waals surface area contributed by atoms with Crippen molar-refractivity contribution in [1.82, 2.24) is 15.7 Å². The number of nitrogens with zero attached hydrogens (tertiary/aromatic N) is 1. The summed E-state index contributed by atoms with van der Waals surface area (Å²) in [6.45, 7) is 2.93. The molecule has 0 atom stereocenters. The Labute approximate surface area is 229 Å². The lowest BCUT2D eigenvalue weighted by Gasteiger charge is -2.32. The zero-order chi connectivity index (χ0) is 26.1. The molecule has 0 bridgehead atoms. The van der Waals surface area contributed by atoms with Crippen LogP contribution < -0.4 is 20.3 Å². The number of urea groups is 1. The van der Waals surface area contributed by atoms with E-state index in [9.17, 15) is 13.2 Å². The van der Waals surface area contributed by atoms with Crippen molar-refractivity contribution in [2.75, 3.05) is 24.1 Å². The number of piperidine rings is 1. The predicted molar refractivity (Wildman–Crippen MR) is 150 cm³/mol. The first-order valence-corrected chi connectivity index (χ1v) is 14.0. The molecule has 11 heteroatoms. The van der Waals surface area contributed by atoms with E-state index in [4.69, 9.17) is 9.57 Å². The van der Waals surface area contributed by atoms with Crippen LogP contribution in [0.25, 0.3) is 0 Å². The van der Waals surface area contributed by atoms with E-state index in [1.807, 2.05) is 54.6 Å². The summed E-state index contributed by atoms with van der Waals surface area (Å²) in [5.74, 6) is 1.33. The Hall–Kier alpha value is -3.31. The van der Waals surface area contributed by atoms with Gasteiger partial charge in [-0.3, -0.25) is 14.5 Å². The molecule has 1 saturated heterocycles. The summed E-state index contributed by atoms with van der Waals surface area (Å²) in [6.07, 6.45) is 2.86. The Morgan fingerprint density at radius 3 is 2.11 bits per heavy atom. The molecule has 0 aromatic heterocycles. The van der Waals surface area contributed by atoms with Crippen molar-refractivity contribution < 1.29 is 22.8 Å². The quantitative estimate of drug-likeness (QED) is 0.311. The van der Waals surface area contributed by atoms with Gasteiger partial charge in [-0.1, -0.05) is 42.5 Å². The lowest BCUT2D eigenvalue weighted by Crippen LogP contribution is -2.47. The number of carbonyl (C=O) groups excluding carboxylic acids is 1. The van der Waals surface area contributed by atoms with Crippen molar-refractivity contribution in [3.8, 4) is 11.5 Å². The standard InChI is InChI=1S/C27H32N4O5S.ClH/c1-37(33,34)30-24-9-13-26(14-10-24)36-25-11-7-21(8-12-25)19-31-17-15-23(16-18-31)28-27(32)29-35-20-22-5-3-2-4-6-22;/h2-14,23,30H,15-20H2,1H3,(H2,28,29,32);1H. The maximum Gasteiger partial charge on any atom is 0.338 e. The number of carbonyl (C=O) groups is 1. The van der Waals surface area contributed by atoms with Gasteiger partial charge in [0.1, 0.15) is 11.5 Å². The highest BCUT2D eigenvalue weighted by Crippen LogP contribution is 2.24. The van der Waals surface area contributed by atoms with Gasteiger partial charge in [0.15, 0.2) is 0 Å². The van der Waals surface area contributed by atoms with Crippen LogP contribution in [0, 0.1) is 0 Å². The molecule has 0 radical (unpaired) electrons. The van der Waals surface area contributed by atoms with Crippen LogP contribution in [-0.4, -0.2) is 44.7 Å². The Morgan fingerprint density at radius 1 is 0.895 bits per heavy atom. The second-order valence-electron chi connectivity index (χ2n) is 9.04. The molecule has 3 N–H and O–H groups in total. The van der Waals surface area contributed by atoms with Crippen LogP contribution in [0.5, 0.6) is 11.5 Å². The zero-order valence-electron chi connectivity index (χ0n) is 21.1. The number of likely N-dealkylation sites (tertiary alicyclic amines) is 1. The lowest BCUT2D eigenvalue weighted by molar-refractivity contribution is 0.0470. The normalized spacial score (nSPS) is 14.2. The molecule has 38 heavy (non-hydrogen) atoms. The van der Waals surface area contributed by atoms with E-state index in [-0.39, 0.29) is 24.5 Å². The molecule has 1 fully saturated rings. The number of sulfonamides is 1. The smallest absolute Gasteiger partial charge is 0.338 e. The number of nitrogens with one attached hydrogen (secondary N) is 3. The number of hydrogen-bond donors (Lipinski definition) is 3. The van der Waals surface area contributed by atoms with Crippen LogP contribution in [0.4, 0.5) is 10.5 Å². The molecule has 0 aliphatic carbocycles. The molecule has 2 amide bonds. The van der Waals surface area contributed by atoms with E-state index in [0.29, 0.717) is 23.8 Å². The fourth-order valence-electron chi connectivity index (χ4n) is 4.07. The van der Waals surface area contributed by atoms with Crippen molar-refractivity contribution >= 4 is 34.1 Å². The second-order valence-corrected chi connectivity index (χ2v) is 10.8. The summed E-state index contributed by atoms with van der Waals surface area (Å²) in [6, 6.07) is 24.2. The van der Waals surface area contributed by atoms with Crippen LogP contribution in [0.2, 0.25) is 0 Å². The van der Waals surface area contributed by atoms with E-state index < -0.39 is 10.0 Å². The number of ether oxygens (including phenoxy) is 1. The van der Waals surface area contributed by atoms with E-state index in [1.54, 1.807) is 24.3 Å². The number of amides is 2. The number of hydrogen-bond acceptors (Lipinski definition) is 6. The molecule has 9 nitrogen and oxygen atoms in total. The van der Waals surface area contributed by atoms with Gasteiger partial charge in [-0.05, 0) is 60.4 Å². The fraction of sp³-hybridized carbons (Fsp3) is 0.296. The molecule has 204 valence electrons. The van der Waals surface area contributed by atoms with Crippen LogP contribution in [-0.2, 0) is 28.0 Å². The predicted octanol–water partition coefficient (Wildman–Crippen LogP) is 4.67. The average Bonchev–Trinajstić information content (AvgIpc) is 2.87. The number of rotatable bonds is 10. The third kappa shape index (κ3) is 9.86. The first-order valence-electron chi connectivity index (χ1n) is 12.1. The monoisotopic (exact) mass is 560 g/mol. The highest BCUT2D eigenvalue weighted by Gasteiger charge is 2.20. The van der Waals surface area contributed by atoms with Gasteiger partial charge < -0.3 is 10.1 Å². The number of halogens is 1. The highest BCUT2D eigenvalue weighted by molar-refractivity contribution is 7.92. The zero-order valence-corrected chi connectivity index (χ0v) is 22.8. The minimum absolute atomic E-state index is 0. The molecule has 3 aromatic rings. The van der Waals surface area contributed by atoms with Gasteiger partial charge in [0.2, 0.25) is 10.0 Å². The van der Waals surface area contributed by atoms with Gasteiger partial charge in [0.25, 0.3) is 0 Å². The first kappa shape index (κ1) is 29.2. The van der Waals surface area contributed by atoms with E-state index in [1.165, 1.54) is 5.56 Å². The minimum atomic E-state index is -3.31. The van der Waals surface area contributed by atoms with Crippen molar-refractivity contribution in [3.63, 3.8) is 0 Å². The van der Waals surface area contributed by atoms with Crippen LogP contribution >= 0.6 is 12.4 Å². The Bertz CT molecular complexity index is 1250. The van der Waals surface area contributed by atoms with Gasteiger partial charge in [-0.25, -0.2) is 18.7 Å². The SMILES string of the molecule is CS(=O)(=O)Nc1ccc(Oc2ccc(CN3CCC(NC(=O)NOCc4ccccc4)CC3)cc2)cc1.Cl. The maximum absolute atomic E-state index is 12.1. The van der Waals surface area contributed by atoms with Gasteiger partial charge in [0.05, 0.1) is 12.9 Å². The molecule has 4 rings (SSSR count). The summed E-state index contributed by atoms with van der Waals surface area (Å²) < 4.78 is 30.9. The average molecular weight is 561 g/mol. The topological polar surface area (TPSA) is 109 Å². The van der Waals surface area contributed by atoms with Crippen LogP contribution in [0.15, 0.2) is 78.9 Å². The maximum atomic E-state index is 12.1. The summed E-state index contributed by atoms with van der Waals surface area (Å²) in [5.41, 5.74) is 5.12. The van der Waals surface area contributed by atoms with Gasteiger partial charge in [0, 0.05) is 31.4 Å². The van der Waals surface area contributed by atoms with E-state index in [0.717, 1.165) is 44.3 Å². The molecule has 1 heterocycles. The summed E-state index contributed by atoms with van der Waals surface area (Å²) >= 11 is 0. The largest absolute Gasteiger partial charge is 0.457 e. The van der Waals surface area contributed by atoms with Gasteiger partial charge in [-0.15, -0.1) is 12.4 Å². The molecule has 0 unspecified atom stereocenters. The molecular weight excluding hydrogens is 528 g/mol. The van der Waals surface area contributed by atoms with Crippen molar-refractivity contribution in [2.45, 2.75) is 32.0 Å². The van der Waals surface area contributed by atoms with Crippen LogP contribution in [0.3, 0.4) is 0 Å². The third-order valence-electron chi connectivity index (χ3n) is 5.89. The van der Waals surface area contributed by atoms with Crippen molar-refractivity contribution in [1.29, 1.82) is 0 Å². The van der Waals surface area contributed by atoms with Crippen LogP contribution in [0.1, 0.15) is 24.0 Å².